The minimum absolute atomic E-state index is 0.294. The number of rotatable bonds is 6. The maximum absolute atomic E-state index is 5.50. The van der Waals surface area contributed by atoms with E-state index in [9.17, 15) is 0 Å². The second-order valence-corrected chi connectivity index (χ2v) is 5.39. The Morgan fingerprint density at radius 1 is 1.37 bits per heavy atom. The summed E-state index contributed by atoms with van der Waals surface area (Å²) >= 11 is 1.71. The Bertz CT molecular complexity index is 572. The summed E-state index contributed by atoms with van der Waals surface area (Å²) < 4.78 is 5.50. The van der Waals surface area contributed by atoms with Crippen LogP contribution in [0.3, 0.4) is 0 Å². The summed E-state index contributed by atoms with van der Waals surface area (Å²) in [6.45, 7) is 3.86. The lowest BCUT2D eigenvalue weighted by Gasteiger charge is -2.09. The summed E-state index contributed by atoms with van der Waals surface area (Å²) in [5.74, 6) is 3.31. The predicted octanol–water partition coefficient (Wildman–Crippen LogP) is 2.75. The first-order valence-corrected chi connectivity index (χ1v) is 6.87. The van der Waals surface area contributed by atoms with Crippen molar-refractivity contribution in [3.8, 4) is 18.1 Å². The number of terminal acetylenes is 1. The van der Waals surface area contributed by atoms with Crippen molar-refractivity contribution in [2.75, 3.05) is 6.61 Å². The van der Waals surface area contributed by atoms with Crippen molar-refractivity contribution in [2.45, 2.75) is 20.0 Å². The van der Waals surface area contributed by atoms with Gasteiger partial charge in [-0.25, -0.2) is 4.98 Å². The van der Waals surface area contributed by atoms with E-state index in [1.807, 2.05) is 30.5 Å². The molecule has 98 valence electrons. The second kappa shape index (κ2) is 6.93. The van der Waals surface area contributed by atoms with Gasteiger partial charge in [0.2, 0.25) is 0 Å². The largest absolute Gasteiger partial charge is 0.481 e. The molecule has 19 heavy (non-hydrogen) atoms. The number of aromatic nitrogens is 1. The molecule has 0 aliphatic rings. The molecule has 0 saturated heterocycles. The molecule has 1 aromatic carbocycles. The molecule has 2 rings (SSSR count). The molecule has 0 amide bonds. The Labute approximate surface area is 117 Å². The minimum atomic E-state index is 0.294. The molecule has 0 fully saturated rings. The van der Waals surface area contributed by atoms with E-state index >= 15 is 0 Å². The first-order valence-electron chi connectivity index (χ1n) is 6.06. The average Bonchev–Trinajstić information content (AvgIpc) is 2.83. The molecule has 1 heterocycles. The van der Waals surface area contributed by atoms with Crippen molar-refractivity contribution >= 4 is 11.3 Å². The van der Waals surface area contributed by atoms with E-state index in [0.29, 0.717) is 6.61 Å². The quantitative estimate of drug-likeness (QED) is 0.821. The van der Waals surface area contributed by atoms with Gasteiger partial charge in [-0.15, -0.1) is 17.8 Å². The molecule has 0 bridgehead atoms. The van der Waals surface area contributed by atoms with Crippen LogP contribution in [-0.2, 0) is 13.1 Å². The van der Waals surface area contributed by atoms with Crippen molar-refractivity contribution < 1.29 is 4.74 Å². The van der Waals surface area contributed by atoms with E-state index in [-0.39, 0.29) is 0 Å². The number of nitrogens with zero attached hydrogens (tertiary/aromatic N) is 1. The number of ether oxygens (including phenoxy) is 1. The molecule has 0 atom stereocenters. The molecule has 0 aliphatic heterocycles. The van der Waals surface area contributed by atoms with Gasteiger partial charge in [0.05, 0.1) is 0 Å². The smallest absolute Gasteiger partial charge is 0.148 e. The topological polar surface area (TPSA) is 34.1 Å². The molecule has 1 aromatic heterocycles. The van der Waals surface area contributed by atoms with E-state index in [0.717, 1.165) is 29.4 Å². The minimum Gasteiger partial charge on any atom is -0.481 e. The summed E-state index contributed by atoms with van der Waals surface area (Å²) in [4.78, 5) is 5.55. The third-order valence-electron chi connectivity index (χ3n) is 2.54. The summed E-state index contributed by atoms with van der Waals surface area (Å²) in [6.07, 6.45) is 7.10. The van der Waals surface area contributed by atoms with E-state index in [1.165, 1.54) is 4.88 Å². The highest BCUT2D eigenvalue weighted by Crippen LogP contribution is 2.18. The van der Waals surface area contributed by atoms with Crippen LogP contribution in [0.15, 0.2) is 30.5 Å². The molecule has 4 heteroatoms. The number of hydrogen-bond donors (Lipinski definition) is 1. The van der Waals surface area contributed by atoms with Crippen molar-refractivity contribution in [1.29, 1.82) is 0 Å². The van der Waals surface area contributed by atoms with Crippen LogP contribution in [-0.4, -0.2) is 11.6 Å². The van der Waals surface area contributed by atoms with Crippen LogP contribution in [0.25, 0.3) is 0 Å². The van der Waals surface area contributed by atoms with Gasteiger partial charge in [0.1, 0.15) is 17.4 Å². The lowest BCUT2D eigenvalue weighted by molar-refractivity contribution is 0.365. The van der Waals surface area contributed by atoms with Crippen LogP contribution >= 0.6 is 11.3 Å². The van der Waals surface area contributed by atoms with Crippen LogP contribution in [0, 0.1) is 19.3 Å². The standard InChI is InChI=1S/C15H16N2OS/c1-3-8-18-14-7-5-4-6-13(14)10-16-11-15-17-9-12(2)19-15/h1,4-7,9,16H,8,10-11H2,2H3. The molecule has 0 saturated carbocycles. The molecule has 1 N–H and O–H groups in total. The Morgan fingerprint density at radius 2 is 2.21 bits per heavy atom. The van der Waals surface area contributed by atoms with E-state index < -0.39 is 0 Å². The maximum atomic E-state index is 5.50. The number of aryl methyl sites for hydroxylation is 1. The highest BCUT2D eigenvalue weighted by Gasteiger charge is 2.03. The summed E-state index contributed by atoms with van der Waals surface area (Å²) in [6, 6.07) is 7.90. The second-order valence-electron chi connectivity index (χ2n) is 4.07. The molecule has 0 unspecified atom stereocenters. The Hall–Kier alpha value is -1.83. The first kappa shape index (κ1) is 13.6. The summed E-state index contributed by atoms with van der Waals surface area (Å²) in [5.41, 5.74) is 1.10. The number of nitrogens with one attached hydrogen (secondary N) is 1. The molecular weight excluding hydrogens is 256 g/mol. The monoisotopic (exact) mass is 272 g/mol. The zero-order valence-electron chi connectivity index (χ0n) is 10.8. The Balaban J connectivity index is 1.90. The predicted molar refractivity (Wildman–Crippen MR) is 78.2 cm³/mol. The highest BCUT2D eigenvalue weighted by molar-refractivity contribution is 7.11. The van der Waals surface area contributed by atoms with Gasteiger partial charge in [0, 0.05) is 29.7 Å². The average molecular weight is 272 g/mol. The molecule has 3 nitrogen and oxygen atoms in total. The first-order chi connectivity index (χ1) is 9.29. The van der Waals surface area contributed by atoms with Gasteiger partial charge in [0.25, 0.3) is 0 Å². The molecule has 2 aromatic rings. The number of thiazole rings is 1. The Kier molecular flexibility index (Phi) is 4.96. The fourth-order valence-electron chi connectivity index (χ4n) is 1.70. The molecule has 0 aliphatic carbocycles. The SMILES string of the molecule is C#CCOc1ccccc1CNCc1ncc(C)s1. The third-order valence-corrected chi connectivity index (χ3v) is 3.46. The number of benzene rings is 1. The van der Waals surface area contributed by atoms with Crippen molar-refractivity contribution in [3.63, 3.8) is 0 Å². The molecular formula is C15H16N2OS. The van der Waals surface area contributed by atoms with Gasteiger partial charge in [-0.05, 0) is 13.0 Å². The van der Waals surface area contributed by atoms with E-state index in [2.05, 4.69) is 23.1 Å². The van der Waals surface area contributed by atoms with Crippen LogP contribution in [0.1, 0.15) is 15.4 Å². The van der Waals surface area contributed by atoms with Crippen LogP contribution in [0.5, 0.6) is 5.75 Å². The number of para-hydroxylation sites is 1. The van der Waals surface area contributed by atoms with Crippen LogP contribution in [0.2, 0.25) is 0 Å². The summed E-state index contributed by atoms with van der Waals surface area (Å²) in [7, 11) is 0. The lowest BCUT2D eigenvalue weighted by atomic mass is 10.2. The van der Waals surface area contributed by atoms with Gasteiger partial charge in [-0.2, -0.15) is 0 Å². The highest BCUT2D eigenvalue weighted by atomic mass is 32.1. The van der Waals surface area contributed by atoms with Crippen molar-refractivity contribution in [2.24, 2.45) is 0 Å². The maximum Gasteiger partial charge on any atom is 0.148 e. The normalized spacial score (nSPS) is 10.1. The summed E-state index contributed by atoms with van der Waals surface area (Å²) in [5, 5.41) is 4.46. The van der Waals surface area contributed by atoms with Gasteiger partial charge in [-0.1, -0.05) is 24.1 Å². The van der Waals surface area contributed by atoms with Crippen molar-refractivity contribution in [3.05, 3.63) is 45.9 Å². The fraction of sp³-hybridized carbons (Fsp3) is 0.267. The Morgan fingerprint density at radius 3 is 2.95 bits per heavy atom. The molecule has 0 radical (unpaired) electrons. The molecule has 0 spiro atoms. The van der Waals surface area contributed by atoms with Gasteiger partial charge >= 0.3 is 0 Å². The lowest BCUT2D eigenvalue weighted by Crippen LogP contribution is -2.13. The number of hydrogen-bond acceptors (Lipinski definition) is 4. The van der Waals surface area contributed by atoms with E-state index in [1.54, 1.807) is 11.3 Å². The van der Waals surface area contributed by atoms with Crippen LogP contribution < -0.4 is 10.1 Å². The fourth-order valence-corrected chi connectivity index (χ4v) is 2.45. The zero-order valence-corrected chi connectivity index (χ0v) is 11.7. The van der Waals surface area contributed by atoms with Gasteiger partial charge in [-0.3, -0.25) is 0 Å². The van der Waals surface area contributed by atoms with Gasteiger partial charge in [0.15, 0.2) is 0 Å². The van der Waals surface area contributed by atoms with Gasteiger partial charge < -0.3 is 10.1 Å². The zero-order chi connectivity index (χ0) is 13.5. The van der Waals surface area contributed by atoms with Crippen LogP contribution in [0.4, 0.5) is 0 Å². The third kappa shape index (κ3) is 4.09. The van der Waals surface area contributed by atoms with Crippen molar-refractivity contribution in [1.82, 2.24) is 10.3 Å². The van der Waals surface area contributed by atoms with E-state index in [4.69, 9.17) is 11.2 Å².